The quantitative estimate of drug-likeness (QED) is 0.458. The van der Waals surface area contributed by atoms with Crippen molar-refractivity contribution >= 4 is 23.4 Å². The molecule has 5 rings (SSSR count). The molecule has 13 heteroatoms. The lowest BCUT2D eigenvalue weighted by molar-refractivity contribution is -0.165. The summed E-state index contributed by atoms with van der Waals surface area (Å²) >= 11 is 0. The number of aromatic nitrogens is 3. The van der Waals surface area contributed by atoms with Crippen LogP contribution in [-0.2, 0) is 5.41 Å². The van der Waals surface area contributed by atoms with Crippen LogP contribution in [0.5, 0.6) is 0 Å². The Morgan fingerprint density at radius 1 is 1.26 bits per heavy atom. The predicted octanol–water partition coefficient (Wildman–Crippen LogP) is 4.70. The molecule has 1 aromatic carbocycles. The van der Waals surface area contributed by atoms with E-state index in [1.54, 1.807) is 4.68 Å². The van der Waals surface area contributed by atoms with E-state index in [9.17, 15) is 27.6 Å². The SMILES string of the molecule is N#Cc1c(-c2ccc(NC(=O)Nc3cc(C4(C(F)(F)F)CC4)on3)c(F)c2)nn(C2CC2)c1N. The van der Waals surface area contributed by atoms with Crippen LogP contribution in [0.4, 0.5) is 39.7 Å². The molecule has 0 atom stereocenters. The van der Waals surface area contributed by atoms with Crippen LogP contribution in [0.15, 0.2) is 28.8 Å². The lowest BCUT2D eigenvalue weighted by Gasteiger charge is -2.14. The van der Waals surface area contributed by atoms with Crippen molar-refractivity contribution in [2.45, 2.75) is 43.3 Å². The van der Waals surface area contributed by atoms with Gasteiger partial charge in [0.2, 0.25) is 0 Å². The van der Waals surface area contributed by atoms with Gasteiger partial charge in [-0.2, -0.15) is 23.5 Å². The van der Waals surface area contributed by atoms with Crippen molar-refractivity contribution in [3.05, 3.63) is 41.4 Å². The number of alkyl halides is 3. The minimum Gasteiger partial charge on any atom is -0.383 e. The van der Waals surface area contributed by atoms with Gasteiger partial charge in [0.25, 0.3) is 0 Å². The highest BCUT2D eigenvalue weighted by molar-refractivity contribution is 5.99. The third kappa shape index (κ3) is 3.60. The molecule has 34 heavy (non-hydrogen) atoms. The monoisotopic (exact) mass is 475 g/mol. The summed E-state index contributed by atoms with van der Waals surface area (Å²) in [6, 6.07) is 6.03. The number of halogens is 4. The van der Waals surface area contributed by atoms with Gasteiger partial charge >= 0.3 is 12.2 Å². The molecule has 3 aromatic rings. The number of anilines is 3. The molecule has 2 amide bonds. The number of hydrogen-bond donors (Lipinski definition) is 3. The molecule has 2 heterocycles. The zero-order valence-corrected chi connectivity index (χ0v) is 17.4. The first-order valence-electron chi connectivity index (χ1n) is 10.3. The minimum atomic E-state index is -4.48. The summed E-state index contributed by atoms with van der Waals surface area (Å²) in [4.78, 5) is 12.2. The smallest absolute Gasteiger partial charge is 0.383 e. The van der Waals surface area contributed by atoms with E-state index < -0.39 is 23.4 Å². The van der Waals surface area contributed by atoms with E-state index in [-0.39, 0.29) is 53.2 Å². The van der Waals surface area contributed by atoms with Gasteiger partial charge in [0.1, 0.15) is 34.4 Å². The lowest BCUT2D eigenvalue weighted by Crippen LogP contribution is -2.28. The zero-order chi connectivity index (χ0) is 24.3. The second kappa shape index (κ2) is 7.47. The summed E-state index contributed by atoms with van der Waals surface area (Å²) < 4.78 is 60.6. The van der Waals surface area contributed by atoms with Crippen LogP contribution in [0.2, 0.25) is 0 Å². The summed E-state index contributed by atoms with van der Waals surface area (Å²) in [6.45, 7) is 0. The van der Waals surface area contributed by atoms with Crippen molar-refractivity contribution < 1.29 is 26.9 Å². The van der Waals surface area contributed by atoms with Gasteiger partial charge in [-0.15, -0.1) is 0 Å². The molecule has 0 aliphatic heterocycles. The molecular formula is C21H17F4N7O2. The summed E-state index contributed by atoms with van der Waals surface area (Å²) in [7, 11) is 0. The number of benzene rings is 1. The van der Waals surface area contributed by atoms with Crippen molar-refractivity contribution in [3.8, 4) is 17.3 Å². The molecule has 2 fully saturated rings. The van der Waals surface area contributed by atoms with Crippen molar-refractivity contribution in [2.75, 3.05) is 16.4 Å². The Bertz CT molecular complexity index is 1330. The predicted molar refractivity (Wildman–Crippen MR) is 111 cm³/mol. The van der Waals surface area contributed by atoms with E-state index >= 15 is 0 Å². The normalized spacial score (nSPS) is 16.7. The fourth-order valence-corrected chi connectivity index (χ4v) is 3.75. The number of hydrogen-bond acceptors (Lipinski definition) is 6. The molecule has 2 aliphatic carbocycles. The number of carbonyl (C=O) groups is 1. The number of urea groups is 1. The number of nitrogens with two attached hydrogens (primary N) is 1. The zero-order valence-electron chi connectivity index (χ0n) is 17.4. The molecule has 2 saturated carbocycles. The second-order valence-electron chi connectivity index (χ2n) is 8.33. The number of nitrogens with one attached hydrogen (secondary N) is 2. The number of nitrogens with zero attached hydrogens (tertiary/aromatic N) is 4. The van der Waals surface area contributed by atoms with E-state index in [1.807, 2.05) is 6.07 Å². The molecular weight excluding hydrogens is 458 g/mol. The van der Waals surface area contributed by atoms with Gasteiger partial charge in [0.15, 0.2) is 11.6 Å². The van der Waals surface area contributed by atoms with Crippen molar-refractivity contribution in [2.24, 2.45) is 0 Å². The average Bonchev–Trinajstić information content (AvgIpc) is 3.70. The Hall–Kier alpha value is -4.08. The van der Waals surface area contributed by atoms with Crippen LogP contribution in [0.25, 0.3) is 11.3 Å². The summed E-state index contributed by atoms with van der Waals surface area (Å²) in [5.41, 5.74) is 4.39. The standard InChI is InChI=1S/C21H17F4N7O2/c22-13-7-10(17-12(9-26)18(27)32(30-17)11-2-3-11)1-4-14(13)28-19(33)29-16-8-15(34-31-16)20(5-6-20)21(23,24)25/h1,4,7-8,11H,2-3,5-6,27H2,(H2,28,29,31,33). The second-order valence-corrected chi connectivity index (χ2v) is 8.33. The van der Waals surface area contributed by atoms with Crippen LogP contribution in [0.3, 0.4) is 0 Å². The first-order chi connectivity index (χ1) is 16.1. The van der Waals surface area contributed by atoms with Gasteiger partial charge in [-0.25, -0.2) is 13.9 Å². The Kier molecular flexibility index (Phi) is 4.78. The molecule has 0 radical (unpaired) electrons. The molecule has 9 nitrogen and oxygen atoms in total. The van der Waals surface area contributed by atoms with E-state index in [4.69, 9.17) is 10.3 Å². The van der Waals surface area contributed by atoms with Crippen molar-refractivity contribution in [1.82, 2.24) is 14.9 Å². The summed E-state index contributed by atoms with van der Waals surface area (Å²) in [5.74, 6) is -1.22. The minimum absolute atomic E-state index is 0.118. The summed E-state index contributed by atoms with van der Waals surface area (Å²) in [6.07, 6.45) is -2.93. The molecule has 2 aliphatic rings. The van der Waals surface area contributed by atoms with Crippen LogP contribution in [0, 0.1) is 17.1 Å². The average molecular weight is 475 g/mol. The molecule has 0 saturated heterocycles. The molecule has 0 spiro atoms. The van der Waals surface area contributed by atoms with Crippen LogP contribution in [0.1, 0.15) is 43.0 Å². The van der Waals surface area contributed by atoms with Gasteiger partial charge in [0.05, 0.1) is 11.7 Å². The van der Waals surface area contributed by atoms with E-state index in [2.05, 4.69) is 20.9 Å². The Labute approximate surface area is 189 Å². The third-order valence-electron chi connectivity index (χ3n) is 5.96. The number of nitrogen functional groups attached to an aromatic ring is 1. The van der Waals surface area contributed by atoms with Crippen LogP contribution in [-0.4, -0.2) is 27.1 Å². The van der Waals surface area contributed by atoms with Gasteiger partial charge in [-0.3, -0.25) is 5.32 Å². The fraction of sp³-hybridized carbons (Fsp3) is 0.333. The third-order valence-corrected chi connectivity index (χ3v) is 5.96. The fourth-order valence-electron chi connectivity index (χ4n) is 3.75. The van der Waals surface area contributed by atoms with Crippen LogP contribution >= 0.6 is 0 Å². The van der Waals surface area contributed by atoms with Crippen molar-refractivity contribution in [3.63, 3.8) is 0 Å². The van der Waals surface area contributed by atoms with E-state index in [0.29, 0.717) is 5.56 Å². The molecule has 0 unspecified atom stereocenters. The van der Waals surface area contributed by atoms with Gasteiger partial charge < -0.3 is 15.6 Å². The highest BCUT2D eigenvalue weighted by Gasteiger charge is 2.66. The van der Waals surface area contributed by atoms with Gasteiger partial charge in [0, 0.05) is 11.6 Å². The Balaban J connectivity index is 1.30. The Morgan fingerprint density at radius 3 is 2.59 bits per heavy atom. The largest absolute Gasteiger partial charge is 0.401 e. The Morgan fingerprint density at radius 2 is 2.00 bits per heavy atom. The lowest BCUT2D eigenvalue weighted by atomic mass is 10.0. The molecule has 4 N–H and O–H groups in total. The van der Waals surface area contributed by atoms with Gasteiger partial charge in [-0.05, 0) is 37.8 Å². The highest BCUT2D eigenvalue weighted by Crippen LogP contribution is 2.59. The number of rotatable bonds is 5. The molecule has 0 bridgehead atoms. The maximum absolute atomic E-state index is 14.7. The van der Waals surface area contributed by atoms with Crippen LogP contribution < -0.4 is 16.4 Å². The first kappa shape index (κ1) is 21.7. The van der Waals surface area contributed by atoms with Crippen molar-refractivity contribution in [1.29, 1.82) is 5.26 Å². The summed E-state index contributed by atoms with van der Waals surface area (Å²) in [5, 5.41) is 21.7. The highest BCUT2D eigenvalue weighted by atomic mass is 19.4. The molecule has 176 valence electrons. The number of carbonyl (C=O) groups excluding carboxylic acids is 1. The molecule has 2 aromatic heterocycles. The maximum atomic E-state index is 14.7. The maximum Gasteiger partial charge on any atom is 0.401 e. The first-order valence-corrected chi connectivity index (χ1v) is 10.3. The number of nitriles is 1. The van der Waals surface area contributed by atoms with E-state index in [0.717, 1.165) is 25.0 Å². The van der Waals surface area contributed by atoms with E-state index in [1.165, 1.54) is 12.1 Å². The number of amides is 2. The van der Waals surface area contributed by atoms with Gasteiger partial charge in [-0.1, -0.05) is 11.2 Å². The topological polar surface area (TPSA) is 135 Å².